The van der Waals surface area contributed by atoms with Crippen LogP contribution in [-0.4, -0.2) is 47.4 Å². The largest absolute Gasteiger partial charge is 0.383 e. The number of amides is 2. The van der Waals surface area contributed by atoms with Crippen molar-refractivity contribution >= 4 is 23.3 Å². The number of ketones is 1. The fourth-order valence-electron chi connectivity index (χ4n) is 3.25. The number of hydrogen-bond donors (Lipinski definition) is 2. The molecule has 0 spiro atoms. The van der Waals surface area contributed by atoms with Gasteiger partial charge in [-0.05, 0) is 38.3 Å². The Kier molecular flexibility index (Phi) is 6.20. The maximum Gasteiger partial charge on any atom is 0.287 e. The van der Waals surface area contributed by atoms with Crippen molar-refractivity contribution in [3.8, 4) is 0 Å². The molecule has 0 atom stereocenters. The number of ether oxygens (including phenoxy) is 1. The second kappa shape index (κ2) is 8.79. The Bertz CT molecular complexity index is 904. The molecule has 1 aromatic heterocycles. The molecule has 1 aromatic carbocycles. The number of methoxy groups -OCH3 is 1. The maximum absolute atomic E-state index is 12.8. The number of rotatable bonds is 7. The fourth-order valence-corrected chi connectivity index (χ4v) is 3.25. The molecule has 0 unspecified atom stereocenters. The Labute approximate surface area is 163 Å². The highest BCUT2D eigenvalue weighted by molar-refractivity contribution is 6.05. The molecule has 0 aliphatic carbocycles. The second-order valence-corrected chi connectivity index (χ2v) is 6.68. The summed E-state index contributed by atoms with van der Waals surface area (Å²) in [6, 6.07) is 6.75. The van der Waals surface area contributed by atoms with Gasteiger partial charge in [-0.1, -0.05) is 12.1 Å². The van der Waals surface area contributed by atoms with E-state index in [1.807, 2.05) is 4.57 Å². The molecule has 0 fully saturated rings. The van der Waals surface area contributed by atoms with E-state index in [4.69, 9.17) is 4.74 Å². The van der Waals surface area contributed by atoms with Crippen LogP contribution >= 0.6 is 0 Å². The molecular weight excluding hydrogens is 360 g/mol. The summed E-state index contributed by atoms with van der Waals surface area (Å²) in [5.41, 5.74) is 2.05. The van der Waals surface area contributed by atoms with Crippen molar-refractivity contribution in [3.63, 3.8) is 0 Å². The smallest absolute Gasteiger partial charge is 0.287 e. The number of nitrogens with zero attached hydrogens (tertiary/aromatic N) is 2. The van der Waals surface area contributed by atoms with Crippen molar-refractivity contribution < 1.29 is 19.1 Å². The van der Waals surface area contributed by atoms with Crippen LogP contribution < -0.4 is 10.6 Å². The van der Waals surface area contributed by atoms with Gasteiger partial charge in [0.15, 0.2) is 17.3 Å². The summed E-state index contributed by atoms with van der Waals surface area (Å²) >= 11 is 0. The van der Waals surface area contributed by atoms with Gasteiger partial charge in [0.25, 0.3) is 11.8 Å². The number of hydrogen-bond acceptors (Lipinski definition) is 5. The quantitative estimate of drug-likeness (QED) is 0.562. The lowest BCUT2D eigenvalue weighted by molar-refractivity contribution is 0.0920. The molecule has 2 amide bonds. The van der Waals surface area contributed by atoms with E-state index in [0.29, 0.717) is 37.4 Å². The molecule has 3 rings (SSSR count). The van der Waals surface area contributed by atoms with E-state index in [9.17, 15) is 14.4 Å². The first-order valence-corrected chi connectivity index (χ1v) is 9.30. The Morgan fingerprint density at radius 1 is 1.21 bits per heavy atom. The average Bonchev–Trinajstić information content (AvgIpc) is 3.08. The first-order valence-electron chi connectivity index (χ1n) is 9.30. The zero-order valence-corrected chi connectivity index (χ0v) is 16.1. The lowest BCUT2D eigenvalue weighted by Crippen LogP contribution is -2.30. The summed E-state index contributed by atoms with van der Waals surface area (Å²) < 4.78 is 6.77. The van der Waals surface area contributed by atoms with Crippen LogP contribution in [0.15, 0.2) is 24.3 Å². The van der Waals surface area contributed by atoms with E-state index in [-0.39, 0.29) is 29.1 Å². The minimum absolute atomic E-state index is 0.0783. The molecule has 8 nitrogen and oxygen atoms in total. The molecule has 2 aromatic rings. The average molecular weight is 384 g/mol. The molecule has 0 saturated carbocycles. The number of nitrogens with one attached hydrogen (secondary N) is 2. The number of aromatic nitrogens is 2. The van der Waals surface area contributed by atoms with Gasteiger partial charge in [-0.25, -0.2) is 4.98 Å². The lowest BCUT2D eigenvalue weighted by atomic mass is 10.1. The van der Waals surface area contributed by atoms with Crippen LogP contribution in [0, 0.1) is 0 Å². The molecule has 148 valence electrons. The topological polar surface area (TPSA) is 102 Å². The van der Waals surface area contributed by atoms with Gasteiger partial charge >= 0.3 is 0 Å². The predicted octanol–water partition coefficient (Wildman–Crippen LogP) is 2.05. The minimum atomic E-state index is -0.387. The molecule has 0 radical (unpaired) electrons. The zero-order valence-electron chi connectivity index (χ0n) is 16.1. The number of anilines is 1. The van der Waals surface area contributed by atoms with Gasteiger partial charge in [0.05, 0.1) is 12.3 Å². The van der Waals surface area contributed by atoms with E-state index in [1.54, 1.807) is 31.4 Å². The lowest BCUT2D eigenvalue weighted by Gasteiger charge is -2.17. The van der Waals surface area contributed by atoms with Crippen LogP contribution in [0.5, 0.6) is 0 Å². The maximum atomic E-state index is 12.8. The first kappa shape index (κ1) is 19.8. The summed E-state index contributed by atoms with van der Waals surface area (Å²) in [5.74, 6) is -0.543. The standard InChI is InChI=1S/C20H24N4O4/c1-13(25)14-6-5-7-15(12-14)22-19(26)17-16-8-3-4-10-24(16)18(23-17)20(27)21-9-11-28-2/h5-7,12H,3-4,8-11H2,1-2H3,(H,21,27)(H,22,26). The summed E-state index contributed by atoms with van der Waals surface area (Å²) in [4.78, 5) is 41.2. The third-order valence-corrected chi connectivity index (χ3v) is 4.65. The Hall–Kier alpha value is -3.00. The monoisotopic (exact) mass is 384 g/mol. The minimum Gasteiger partial charge on any atom is -0.383 e. The Morgan fingerprint density at radius 2 is 2.04 bits per heavy atom. The molecule has 2 N–H and O–H groups in total. The van der Waals surface area contributed by atoms with Crippen LogP contribution in [0.2, 0.25) is 0 Å². The van der Waals surface area contributed by atoms with Crippen LogP contribution in [0.3, 0.4) is 0 Å². The Balaban J connectivity index is 1.85. The molecule has 1 aliphatic heterocycles. The highest BCUT2D eigenvalue weighted by Gasteiger charge is 2.27. The van der Waals surface area contributed by atoms with Gasteiger partial charge < -0.3 is 19.9 Å². The van der Waals surface area contributed by atoms with Crippen molar-refractivity contribution in [1.82, 2.24) is 14.9 Å². The molecule has 0 saturated heterocycles. The summed E-state index contributed by atoms with van der Waals surface area (Å²) in [7, 11) is 1.56. The molecule has 1 aliphatic rings. The van der Waals surface area contributed by atoms with Crippen LogP contribution in [0.25, 0.3) is 0 Å². The van der Waals surface area contributed by atoms with Crippen molar-refractivity contribution in [2.75, 3.05) is 25.6 Å². The normalized spacial score (nSPS) is 12.9. The fraction of sp³-hybridized carbons (Fsp3) is 0.400. The third-order valence-electron chi connectivity index (χ3n) is 4.65. The third kappa shape index (κ3) is 4.28. The van der Waals surface area contributed by atoms with Gasteiger partial charge in [0.1, 0.15) is 0 Å². The number of Topliss-reactive ketones (excluding diaryl/α,β-unsaturated/α-hetero) is 1. The molecule has 8 heteroatoms. The highest BCUT2D eigenvalue weighted by Crippen LogP contribution is 2.22. The van der Waals surface area contributed by atoms with Crippen LogP contribution in [0.1, 0.15) is 56.9 Å². The number of carbonyl (C=O) groups excluding carboxylic acids is 3. The number of fused-ring (bicyclic) bond motifs is 1. The molecule has 2 heterocycles. The van der Waals surface area contributed by atoms with Gasteiger partial charge in [0, 0.05) is 31.5 Å². The van der Waals surface area contributed by atoms with E-state index in [1.165, 1.54) is 6.92 Å². The molecule has 0 bridgehead atoms. The van der Waals surface area contributed by atoms with Gasteiger partial charge in [-0.2, -0.15) is 0 Å². The second-order valence-electron chi connectivity index (χ2n) is 6.68. The number of carbonyl (C=O) groups is 3. The van der Waals surface area contributed by atoms with E-state index in [0.717, 1.165) is 18.5 Å². The predicted molar refractivity (Wildman–Crippen MR) is 104 cm³/mol. The SMILES string of the molecule is COCCNC(=O)c1nc(C(=O)Nc2cccc(C(C)=O)c2)c2n1CCCC2. The van der Waals surface area contributed by atoms with Crippen molar-refractivity contribution in [2.45, 2.75) is 32.7 Å². The number of benzene rings is 1. The first-order chi connectivity index (χ1) is 13.5. The van der Waals surface area contributed by atoms with Gasteiger partial charge in [-0.15, -0.1) is 0 Å². The van der Waals surface area contributed by atoms with E-state index < -0.39 is 0 Å². The highest BCUT2D eigenvalue weighted by atomic mass is 16.5. The van der Waals surface area contributed by atoms with Crippen molar-refractivity contribution in [2.24, 2.45) is 0 Å². The summed E-state index contributed by atoms with van der Waals surface area (Å²) in [6.45, 7) is 2.90. The van der Waals surface area contributed by atoms with E-state index in [2.05, 4.69) is 15.6 Å². The summed E-state index contributed by atoms with van der Waals surface area (Å²) in [5, 5.41) is 5.54. The Morgan fingerprint density at radius 3 is 2.79 bits per heavy atom. The summed E-state index contributed by atoms with van der Waals surface area (Å²) in [6.07, 6.45) is 2.56. The van der Waals surface area contributed by atoms with Crippen LogP contribution in [-0.2, 0) is 17.7 Å². The van der Waals surface area contributed by atoms with Gasteiger partial charge in [-0.3, -0.25) is 14.4 Å². The van der Waals surface area contributed by atoms with Crippen molar-refractivity contribution in [1.29, 1.82) is 0 Å². The zero-order chi connectivity index (χ0) is 20.1. The number of imidazole rings is 1. The van der Waals surface area contributed by atoms with Crippen molar-refractivity contribution in [3.05, 3.63) is 47.0 Å². The van der Waals surface area contributed by atoms with Crippen LogP contribution in [0.4, 0.5) is 5.69 Å². The van der Waals surface area contributed by atoms with E-state index >= 15 is 0 Å². The molecular formula is C20H24N4O4. The molecule has 28 heavy (non-hydrogen) atoms. The van der Waals surface area contributed by atoms with Gasteiger partial charge in [0.2, 0.25) is 0 Å².